The lowest BCUT2D eigenvalue weighted by atomic mass is 9.90. The van der Waals surface area contributed by atoms with Crippen molar-refractivity contribution in [2.24, 2.45) is 0 Å². The van der Waals surface area contributed by atoms with Crippen LogP contribution in [-0.2, 0) is 9.47 Å². The minimum Gasteiger partial charge on any atom is -0.383 e. The van der Waals surface area contributed by atoms with Crippen molar-refractivity contribution in [3.8, 4) is 0 Å². The van der Waals surface area contributed by atoms with Crippen LogP contribution in [0.15, 0.2) is 12.5 Å². The van der Waals surface area contributed by atoms with Gasteiger partial charge in [0.2, 0.25) is 0 Å². The van der Waals surface area contributed by atoms with Crippen LogP contribution in [0, 0.1) is 0 Å². The molecule has 0 atom stereocenters. The van der Waals surface area contributed by atoms with E-state index in [1.165, 1.54) is 6.33 Å². The summed E-state index contributed by atoms with van der Waals surface area (Å²) in [7, 11) is 0. The van der Waals surface area contributed by atoms with Gasteiger partial charge in [-0.15, -0.1) is 0 Å². The van der Waals surface area contributed by atoms with Gasteiger partial charge >= 0.3 is 0 Å². The van der Waals surface area contributed by atoms with Crippen molar-refractivity contribution in [3.63, 3.8) is 0 Å². The highest BCUT2D eigenvalue weighted by molar-refractivity contribution is 5.84. The summed E-state index contributed by atoms with van der Waals surface area (Å²) in [6.07, 6.45) is 5.01. The van der Waals surface area contributed by atoms with Gasteiger partial charge in [0.05, 0.1) is 32.2 Å². The molecule has 2 aliphatic rings. The topological polar surface area (TPSA) is 88.1 Å². The summed E-state index contributed by atoms with van der Waals surface area (Å²) in [5.41, 5.74) is 6.47. The summed E-state index contributed by atoms with van der Waals surface area (Å²) in [6.45, 7) is 1.35. The SMILES string of the molecule is [2H]c1nn(C2CCC3(CC2)OCCO3)c2ncnc(N)c12. The van der Waals surface area contributed by atoms with E-state index in [4.69, 9.17) is 16.6 Å². The quantitative estimate of drug-likeness (QED) is 0.843. The van der Waals surface area contributed by atoms with Gasteiger partial charge in [-0.3, -0.25) is 0 Å². The second kappa shape index (κ2) is 4.39. The predicted molar refractivity (Wildman–Crippen MR) is 71.9 cm³/mol. The number of nitrogens with two attached hydrogens (primary N) is 1. The molecule has 2 N–H and O–H groups in total. The lowest BCUT2D eigenvalue weighted by Crippen LogP contribution is -2.36. The van der Waals surface area contributed by atoms with Crippen molar-refractivity contribution in [3.05, 3.63) is 12.5 Å². The zero-order chi connectivity index (χ0) is 14.4. The van der Waals surface area contributed by atoms with Crippen molar-refractivity contribution in [1.29, 1.82) is 0 Å². The van der Waals surface area contributed by atoms with Gasteiger partial charge in [0.15, 0.2) is 11.4 Å². The lowest BCUT2D eigenvalue weighted by molar-refractivity contribution is -0.181. The monoisotopic (exact) mass is 276 g/mol. The summed E-state index contributed by atoms with van der Waals surface area (Å²) < 4.78 is 21.3. The maximum atomic E-state index is 7.96. The molecule has 2 fully saturated rings. The molecule has 0 unspecified atom stereocenters. The number of aromatic nitrogens is 4. The molecule has 7 nitrogen and oxygen atoms in total. The average Bonchev–Trinajstić information content (AvgIpc) is 3.07. The Balaban J connectivity index is 1.64. The molecule has 0 aromatic carbocycles. The van der Waals surface area contributed by atoms with Gasteiger partial charge in [0, 0.05) is 12.8 Å². The molecule has 0 amide bonds. The molecule has 7 heteroatoms. The number of hydrogen-bond donors (Lipinski definition) is 1. The Morgan fingerprint density at radius 3 is 2.80 bits per heavy atom. The van der Waals surface area contributed by atoms with Crippen molar-refractivity contribution in [2.45, 2.75) is 37.5 Å². The Labute approximate surface area is 117 Å². The van der Waals surface area contributed by atoms with Crippen molar-refractivity contribution in [1.82, 2.24) is 19.7 Å². The Bertz CT molecular complexity index is 672. The van der Waals surface area contributed by atoms with Gasteiger partial charge in [-0.2, -0.15) is 5.10 Å². The van der Waals surface area contributed by atoms with Crippen LogP contribution in [0.3, 0.4) is 0 Å². The molecule has 3 heterocycles. The standard InChI is InChI=1S/C13H17N5O2/c14-11-10-7-17-18(12(10)16-8-15-11)9-1-3-13(4-2-9)19-5-6-20-13/h7-9H,1-6H2,(H2,14,15,16)/i7D. The van der Waals surface area contributed by atoms with Crippen LogP contribution in [0.5, 0.6) is 0 Å². The molecule has 106 valence electrons. The molecule has 1 aliphatic carbocycles. The second-order valence-electron chi connectivity index (χ2n) is 5.35. The molecule has 1 spiro atoms. The van der Waals surface area contributed by atoms with E-state index in [0.717, 1.165) is 25.7 Å². The maximum absolute atomic E-state index is 7.96. The van der Waals surface area contributed by atoms with Crippen molar-refractivity contribution < 1.29 is 10.8 Å². The lowest BCUT2D eigenvalue weighted by Gasteiger charge is -2.35. The fourth-order valence-electron chi connectivity index (χ4n) is 3.15. The van der Waals surface area contributed by atoms with Crippen LogP contribution in [0.4, 0.5) is 5.82 Å². The molecule has 2 aromatic heterocycles. The van der Waals surface area contributed by atoms with Crippen molar-refractivity contribution in [2.75, 3.05) is 18.9 Å². The third-order valence-corrected chi connectivity index (χ3v) is 4.22. The van der Waals surface area contributed by atoms with E-state index in [-0.39, 0.29) is 12.2 Å². The van der Waals surface area contributed by atoms with E-state index in [1.54, 1.807) is 0 Å². The normalized spacial score (nSPS) is 23.5. The molecule has 2 aromatic rings. The van der Waals surface area contributed by atoms with Crippen molar-refractivity contribution >= 4 is 16.9 Å². The first-order chi connectivity index (χ1) is 10.2. The van der Waals surface area contributed by atoms with Gasteiger partial charge < -0.3 is 15.2 Å². The van der Waals surface area contributed by atoms with E-state index in [0.29, 0.717) is 30.1 Å². The predicted octanol–water partition coefficient (Wildman–Crippen LogP) is 1.27. The molecule has 0 radical (unpaired) electrons. The highest BCUT2D eigenvalue weighted by atomic mass is 16.7. The fourth-order valence-corrected chi connectivity index (χ4v) is 3.15. The third kappa shape index (κ3) is 1.77. The van der Waals surface area contributed by atoms with Gasteiger partial charge in [-0.05, 0) is 12.8 Å². The zero-order valence-corrected chi connectivity index (χ0v) is 11.1. The van der Waals surface area contributed by atoms with E-state index >= 15 is 0 Å². The van der Waals surface area contributed by atoms with Crippen LogP contribution in [0.2, 0.25) is 0 Å². The second-order valence-corrected chi connectivity index (χ2v) is 5.35. The van der Waals surface area contributed by atoms with E-state index < -0.39 is 5.79 Å². The van der Waals surface area contributed by atoms with Crippen LogP contribution >= 0.6 is 0 Å². The van der Waals surface area contributed by atoms with E-state index in [9.17, 15) is 0 Å². The zero-order valence-electron chi connectivity index (χ0n) is 12.1. The first kappa shape index (κ1) is 11.0. The Morgan fingerprint density at radius 2 is 2.05 bits per heavy atom. The van der Waals surface area contributed by atoms with E-state index in [1.807, 2.05) is 4.68 Å². The maximum Gasteiger partial charge on any atom is 0.168 e. The summed E-state index contributed by atoms with van der Waals surface area (Å²) in [4.78, 5) is 8.19. The fraction of sp³-hybridized carbons (Fsp3) is 0.615. The molecule has 4 rings (SSSR count). The van der Waals surface area contributed by atoms with Gasteiger partial charge in [0.1, 0.15) is 12.1 Å². The Morgan fingerprint density at radius 1 is 1.30 bits per heavy atom. The smallest absolute Gasteiger partial charge is 0.168 e. The van der Waals surface area contributed by atoms with Crippen LogP contribution in [0.25, 0.3) is 11.0 Å². The van der Waals surface area contributed by atoms with Crippen LogP contribution < -0.4 is 5.73 Å². The highest BCUT2D eigenvalue weighted by Crippen LogP contribution is 2.40. The van der Waals surface area contributed by atoms with Gasteiger partial charge in [0.25, 0.3) is 0 Å². The number of ether oxygens (including phenoxy) is 2. The average molecular weight is 276 g/mol. The molecule has 1 saturated heterocycles. The molecular weight excluding hydrogens is 258 g/mol. The highest BCUT2D eigenvalue weighted by Gasteiger charge is 2.41. The Hall–Kier alpha value is -1.73. The third-order valence-electron chi connectivity index (χ3n) is 4.22. The molecule has 20 heavy (non-hydrogen) atoms. The van der Waals surface area contributed by atoms with Gasteiger partial charge in [-0.25, -0.2) is 14.6 Å². The van der Waals surface area contributed by atoms with Crippen LogP contribution in [-0.4, -0.2) is 38.7 Å². The number of nitrogen functional groups attached to an aromatic ring is 1. The number of nitrogens with zero attached hydrogens (tertiary/aromatic N) is 4. The number of fused-ring (bicyclic) bond motifs is 1. The summed E-state index contributed by atoms with van der Waals surface area (Å²) in [6, 6.07) is 0.194. The molecule has 1 saturated carbocycles. The first-order valence-corrected chi connectivity index (χ1v) is 6.92. The van der Waals surface area contributed by atoms with Gasteiger partial charge in [-0.1, -0.05) is 0 Å². The largest absolute Gasteiger partial charge is 0.383 e. The molecular formula is C13H17N5O2. The Kier molecular flexibility index (Phi) is 2.41. The van der Waals surface area contributed by atoms with Crippen LogP contribution in [0.1, 0.15) is 33.1 Å². The first-order valence-electron chi connectivity index (χ1n) is 7.42. The summed E-state index contributed by atoms with van der Waals surface area (Å²) in [5, 5.41) is 4.84. The number of hydrogen-bond acceptors (Lipinski definition) is 6. The molecule has 1 aliphatic heterocycles. The molecule has 0 bridgehead atoms. The summed E-state index contributed by atoms with van der Waals surface area (Å²) in [5.74, 6) is -0.0805. The number of anilines is 1. The van der Waals surface area contributed by atoms with E-state index in [2.05, 4.69) is 15.1 Å². The number of rotatable bonds is 1. The summed E-state index contributed by atoms with van der Waals surface area (Å²) >= 11 is 0. The minimum absolute atomic E-state index is 0.136. The minimum atomic E-state index is -0.392.